The Labute approximate surface area is 181 Å². The molecule has 1 aromatic rings. The molecule has 31 heavy (non-hydrogen) atoms. The van der Waals surface area contributed by atoms with Crippen LogP contribution in [0.15, 0.2) is 35.3 Å². The molecule has 0 heterocycles. The summed E-state index contributed by atoms with van der Waals surface area (Å²) >= 11 is 0. The lowest BCUT2D eigenvalue weighted by atomic mass is 10.1. The standard InChI is InChI=1S/C20H31N7O4/c1-12(17(21)29)26-19(31)15(9-6-10-24-20(22)23)27-18(30)13(2)25-16(28)11-14-7-4-3-5-8-14/h3-5,7-8,12-13,15H,6,9-11H2,1-2H3,(H2,21,29)(H,25,28)(H,26,31)(H,27,30)(H4,22,23,24)/t12-,13-,15-/m0/s1. The van der Waals surface area contributed by atoms with Gasteiger partial charge in [-0.1, -0.05) is 30.3 Å². The summed E-state index contributed by atoms with van der Waals surface area (Å²) in [5, 5.41) is 7.64. The van der Waals surface area contributed by atoms with Gasteiger partial charge in [0.2, 0.25) is 23.6 Å². The van der Waals surface area contributed by atoms with Crippen molar-refractivity contribution >= 4 is 29.6 Å². The molecule has 9 N–H and O–H groups in total. The molecule has 11 nitrogen and oxygen atoms in total. The lowest BCUT2D eigenvalue weighted by Gasteiger charge is -2.22. The van der Waals surface area contributed by atoms with E-state index in [1.54, 1.807) is 12.1 Å². The molecule has 0 aliphatic rings. The zero-order valence-corrected chi connectivity index (χ0v) is 17.8. The van der Waals surface area contributed by atoms with Gasteiger partial charge in [-0.3, -0.25) is 24.2 Å². The summed E-state index contributed by atoms with van der Waals surface area (Å²) in [5.41, 5.74) is 16.5. The van der Waals surface area contributed by atoms with Gasteiger partial charge in [-0.15, -0.1) is 0 Å². The van der Waals surface area contributed by atoms with Gasteiger partial charge >= 0.3 is 0 Å². The monoisotopic (exact) mass is 433 g/mol. The number of rotatable bonds is 12. The molecular weight excluding hydrogens is 402 g/mol. The van der Waals surface area contributed by atoms with E-state index in [1.165, 1.54) is 13.8 Å². The Hall–Kier alpha value is -3.63. The molecule has 0 spiro atoms. The molecule has 0 saturated carbocycles. The molecular formula is C20H31N7O4. The zero-order valence-electron chi connectivity index (χ0n) is 17.8. The van der Waals surface area contributed by atoms with Crippen molar-refractivity contribution in [3.63, 3.8) is 0 Å². The number of hydrogen-bond acceptors (Lipinski definition) is 5. The molecule has 1 rings (SSSR count). The van der Waals surface area contributed by atoms with E-state index in [0.29, 0.717) is 6.42 Å². The highest BCUT2D eigenvalue weighted by atomic mass is 16.2. The van der Waals surface area contributed by atoms with Gasteiger partial charge in [-0.25, -0.2) is 0 Å². The third kappa shape index (κ3) is 10.1. The molecule has 0 radical (unpaired) electrons. The first-order valence-corrected chi connectivity index (χ1v) is 9.89. The lowest BCUT2D eigenvalue weighted by molar-refractivity contribution is -0.133. The van der Waals surface area contributed by atoms with Gasteiger partial charge in [-0.2, -0.15) is 0 Å². The largest absolute Gasteiger partial charge is 0.370 e. The molecule has 0 aliphatic heterocycles. The first kappa shape index (κ1) is 25.4. The minimum absolute atomic E-state index is 0.0814. The number of nitrogens with two attached hydrogens (primary N) is 3. The van der Waals surface area contributed by atoms with E-state index in [2.05, 4.69) is 20.9 Å². The van der Waals surface area contributed by atoms with Crippen molar-refractivity contribution in [1.82, 2.24) is 16.0 Å². The van der Waals surface area contributed by atoms with Gasteiger partial charge in [0.05, 0.1) is 6.42 Å². The molecule has 0 aromatic heterocycles. The van der Waals surface area contributed by atoms with E-state index >= 15 is 0 Å². The van der Waals surface area contributed by atoms with Crippen molar-refractivity contribution in [2.24, 2.45) is 22.2 Å². The number of hydrogen-bond donors (Lipinski definition) is 6. The van der Waals surface area contributed by atoms with E-state index in [9.17, 15) is 19.2 Å². The summed E-state index contributed by atoms with van der Waals surface area (Å²) < 4.78 is 0. The predicted molar refractivity (Wildman–Crippen MR) is 116 cm³/mol. The molecule has 170 valence electrons. The third-order valence-corrected chi connectivity index (χ3v) is 4.34. The fourth-order valence-corrected chi connectivity index (χ4v) is 2.59. The average Bonchev–Trinajstić information content (AvgIpc) is 2.70. The van der Waals surface area contributed by atoms with Crippen LogP contribution in [0.3, 0.4) is 0 Å². The second-order valence-electron chi connectivity index (χ2n) is 7.09. The molecule has 0 aliphatic carbocycles. The first-order chi connectivity index (χ1) is 14.6. The van der Waals surface area contributed by atoms with E-state index < -0.39 is 35.8 Å². The Morgan fingerprint density at radius 2 is 1.55 bits per heavy atom. The van der Waals surface area contributed by atoms with Crippen LogP contribution in [0.2, 0.25) is 0 Å². The topological polar surface area (TPSA) is 195 Å². The molecule has 0 unspecified atom stereocenters. The van der Waals surface area contributed by atoms with Crippen LogP contribution in [0, 0.1) is 0 Å². The SMILES string of the molecule is C[C@H](NC(=O)[C@H](CCCN=C(N)N)NC(=O)[C@H](C)NC(=O)Cc1ccccc1)C(N)=O. The summed E-state index contributed by atoms with van der Waals surface area (Å²) in [6.45, 7) is 3.21. The number of amides is 4. The normalized spacial score (nSPS) is 13.2. The number of carbonyl (C=O) groups is 4. The van der Waals surface area contributed by atoms with E-state index in [1.807, 2.05) is 18.2 Å². The Balaban J connectivity index is 2.69. The van der Waals surface area contributed by atoms with Crippen LogP contribution < -0.4 is 33.2 Å². The highest BCUT2D eigenvalue weighted by molar-refractivity contribution is 5.93. The van der Waals surface area contributed by atoms with Gasteiger partial charge in [0, 0.05) is 6.54 Å². The Kier molecular flexibility index (Phi) is 10.5. The lowest BCUT2D eigenvalue weighted by Crippen LogP contribution is -2.55. The summed E-state index contributed by atoms with van der Waals surface area (Å²) in [6, 6.07) is 6.34. The fraction of sp³-hybridized carbons (Fsp3) is 0.450. The number of nitrogens with one attached hydrogen (secondary N) is 3. The average molecular weight is 434 g/mol. The maximum atomic E-state index is 12.5. The predicted octanol–water partition coefficient (Wildman–Crippen LogP) is -1.74. The molecule has 11 heteroatoms. The van der Waals surface area contributed by atoms with Gasteiger partial charge in [-0.05, 0) is 32.3 Å². The van der Waals surface area contributed by atoms with Gasteiger partial charge in [0.25, 0.3) is 0 Å². The molecule has 1 aromatic carbocycles. The summed E-state index contributed by atoms with van der Waals surface area (Å²) in [6.07, 6.45) is 0.734. The third-order valence-electron chi connectivity index (χ3n) is 4.34. The van der Waals surface area contributed by atoms with Crippen LogP contribution in [0.1, 0.15) is 32.3 Å². The van der Waals surface area contributed by atoms with E-state index in [-0.39, 0.29) is 31.3 Å². The second kappa shape index (κ2) is 12.8. The van der Waals surface area contributed by atoms with Crippen molar-refractivity contribution in [2.75, 3.05) is 6.54 Å². The number of carbonyl (C=O) groups excluding carboxylic acids is 4. The van der Waals surface area contributed by atoms with Gasteiger partial charge in [0.1, 0.15) is 18.1 Å². The second-order valence-corrected chi connectivity index (χ2v) is 7.09. The minimum Gasteiger partial charge on any atom is -0.370 e. The molecule has 0 fully saturated rings. The number of aliphatic imine (C=N–C) groups is 1. The smallest absolute Gasteiger partial charge is 0.243 e. The summed E-state index contributed by atoms with van der Waals surface area (Å²) in [4.78, 5) is 52.3. The van der Waals surface area contributed by atoms with E-state index in [4.69, 9.17) is 17.2 Å². The quantitative estimate of drug-likeness (QED) is 0.129. The van der Waals surface area contributed by atoms with Crippen LogP contribution in [-0.2, 0) is 25.6 Å². The van der Waals surface area contributed by atoms with Crippen LogP contribution in [0.25, 0.3) is 0 Å². The minimum atomic E-state index is -0.961. The van der Waals surface area contributed by atoms with Crippen LogP contribution in [0.4, 0.5) is 0 Å². The first-order valence-electron chi connectivity index (χ1n) is 9.89. The Morgan fingerprint density at radius 1 is 0.903 bits per heavy atom. The molecule has 3 atom stereocenters. The molecule has 4 amide bonds. The fourth-order valence-electron chi connectivity index (χ4n) is 2.59. The van der Waals surface area contributed by atoms with Crippen LogP contribution in [0.5, 0.6) is 0 Å². The Bertz CT molecular complexity index is 794. The van der Waals surface area contributed by atoms with Crippen LogP contribution in [-0.4, -0.2) is 54.3 Å². The highest BCUT2D eigenvalue weighted by Crippen LogP contribution is 2.02. The van der Waals surface area contributed by atoms with Crippen molar-refractivity contribution in [2.45, 2.75) is 51.2 Å². The molecule has 0 bridgehead atoms. The van der Waals surface area contributed by atoms with Crippen molar-refractivity contribution in [3.8, 4) is 0 Å². The molecule has 0 saturated heterocycles. The van der Waals surface area contributed by atoms with Gasteiger partial charge in [0.15, 0.2) is 5.96 Å². The van der Waals surface area contributed by atoms with Gasteiger partial charge < -0.3 is 33.2 Å². The van der Waals surface area contributed by atoms with E-state index in [0.717, 1.165) is 5.56 Å². The number of nitrogens with zero attached hydrogens (tertiary/aromatic N) is 1. The van der Waals surface area contributed by atoms with Crippen molar-refractivity contribution < 1.29 is 19.2 Å². The number of benzene rings is 1. The summed E-state index contributed by atoms with van der Waals surface area (Å²) in [5.74, 6) is -2.24. The maximum absolute atomic E-state index is 12.5. The zero-order chi connectivity index (χ0) is 23.4. The number of guanidine groups is 1. The highest BCUT2D eigenvalue weighted by Gasteiger charge is 2.26. The Morgan fingerprint density at radius 3 is 2.13 bits per heavy atom. The van der Waals surface area contributed by atoms with Crippen LogP contribution >= 0.6 is 0 Å². The van der Waals surface area contributed by atoms with Crippen molar-refractivity contribution in [3.05, 3.63) is 35.9 Å². The summed E-state index contributed by atoms with van der Waals surface area (Å²) in [7, 11) is 0. The number of primary amides is 1. The maximum Gasteiger partial charge on any atom is 0.243 e. The van der Waals surface area contributed by atoms with Crippen molar-refractivity contribution in [1.29, 1.82) is 0 Å².